The van der Waals surface area contributed by atoms with Gasteiger partial charge in [0.1, 0.15) is 30.3 Å². The predicted molar refractivity (Wildman–Crippen MR) is 179 cm³/mol. The zero-order valence-electron chi connectivity index (χ0n) is 29.2. The van der Waals surface area contributed by atoms with Gasteiger partial charge < -0.3 is 34.1 Å². The number of aliphatic hydroxyl groups is 1. The molecule has 0 saturated carbocycles. The monoisotopic (exact) mass is 706 g/mol. The fraction of sp³-hybridized carbons (Fsp3) is 0.676. The summed E-state index contributed by atoms with van der Waals surface area (Å²) in [5.41, 5.74) is 0.497. The van der Waals surface area contributed by atoms with Crippen LogP contribution >= 0.6 is 0 Å². The number of nitrogens with one attached hydrogen (secondary N) is 1. The summed E-state index contributed by atoms with van der Waals surface area (Å²) in [5, 5.41) is 12.0. The van der Waals surface area contributed by atoms with E-state index in [2.05, 4.69) is 10.3 Å². The van der Waals surface area contributed by atoms with E-state index in [1.165, 1.54) is 6.08 Å². The molecule has 14 nitrogen and oxygen atoms in total. The summed E-state index contributed by atoms with van der Waals surface area (Å²) >= 11 is 0. The fourth-order valence-electron chi connectivity index (χ4n) is 6.60. The molecule has 2 bridgehead atoms. The van der Waals surface area contributed by atoms with Gasteiger partial charge in [-0.2, -0.15) is 0 Å². The van der Waals surface area contributed by atoms with Crippen LogP contribution in [0.1, 0.15) is 70.8 Å². The van der Waals surface area contributed by atoms with E-state index in [0.29, 0.717) is 18.7 Å². The molecule has 3 aliphatic rings. The van der Waals surface area contributed by atoms with Crippen molar-refractivity contribution in [3.63, 3.8) is 0 Å². The number of carbonyl (C=O) groups is 4. The molecule has 2 amide bonds. The van der Waals surface area contributed by atoms with Crippen LogP contribution in [0, 0.1) is 11.8 Å². The first-order valence-electron chi connectivity index (χ1n) is 17.0. The number of cyclic esters (lactones) is 1. The lowest BCUT2D eigenvalue weighted by Gasteiger charge is -2.31. The lowest BCUT2D eigenvalue weighted by molar-refractivity contribution is -0.159. The van der Waals surface area contributed by atoms with Gasteiger partial charge in [-0.25, -0.2) is 18.2 Å². The molecule has 3 aliphatic heterocycles. The SMILES string of the molecule is CCN(CC)CCS(=O)(=O)[C@@H]1CCN2C(=O)c3coc(n3)CC(=O)C[C@H](O)/C=C(C)/C=C/CNC(=O)C3OC3[C@@H](C)[C@@H](C(C)C)OC(=O)[C@@H]12. The summed E-state index contributed by atoms with van der Waals surface area (Å²) in [4.78, 5) is 60.8. The van der Waals surface area contributed by atoms with Crippen molar-refractivity contribution in [1.29, 1.82) is 0 Å². The molecule has 272 valence electrons. The maximum absolute atomic E-state index is 14.1. The van der Waals surface area contributed by atoms with E-state index in [4.69, 9.17) is 13.9 Å². The summed E-state index contributed by atoms with van der Waals surface area (Å²) in [6.45, 7) is 12.9. The molecule has 2 unspecified atom stereocenters. The van der Waals surface area contributed by atoms with E-state index >= 15 is 0 Å². The Morgan fingerprint density at radius 3 is 2.55 bits per heavy atom. The van der Waals surface area contributed by atoms with Crippen LogP contribution in [-0.2, 0) is 40.1 Å². The molecule has 0 spiro atoms. The number of amides is 2. The molecule has 0 aliphatic carbocycles. The van der Waals surface area contributed by atoms with Crippen LogP contribution in [0.25, 0.3) is 0 Å². The molecular formula is C34H50N4O10S. The highest BCUT2D eigenvalue weighted by atomic mass is 32.2. The maximum Gasteiger partial charge on any atom is 0.330 e. The average Bonchev–Trinajstić information content (AvgIpc) is 3.48. The van der Waals surface area contributed by atoms with Crippen LogP contribution in [0.15, 0.2) is 34.5 Å². The number of aromatic nitrogens is 1. The topological polar surface area (TPSA) is 189 Å². The number of esters is 1. The number of sulfone groups is 1. The minimum absolute atomic E-state index is 0.0183. The van der Waals surface area contributed by atoms with Crippen molar-refractivity contribution in [3.8, 4) is 0 Å². The molecule has 4 rings (SSSR count). The third kappa shape index (κ3) is 9.65. The first kappa shape index (κ1) is 38.4. The van der Waals surface area contributed by atoms with E-state index in [1.54, 1.807) is 19.1 Å². The van der Waals surface area contributed by atoms with Crippen LogP contribution in [0.3, 0.4) is 0 Å². The van der Waals surface area contributed by atoms with Crippen molar-refractivity contribution in [2.45, 2.75) is 96.5 Å². The number of hydrogen-bond donors (Lipinski definition) is 2. The van der Waals surface area contributed by atoms with Gasteiger partial charge in [0, 0.05) is 32.0 Å². The van der Waals surface area contributed by atoms with Crippen molar-refractivity contribution < 1.29 is 46.6 Å². The number of oxazole rings is 1. The van der Waals surface area contributed by atoms with E-state index in [-0.39, 0.29) is 73.8 Å². The Morgan fingerprint density at radius 2 is 1.88 bits per heavy atom. The minimum Gasteiger partial charge on any atom is -0.460 e. The Morgan fingerprint density at radius 1 is 1.16 bits per heavy atom. The van der Waals surface area contributed by atoms with Crippen LogP contribution in [0.4, 0.5) is 0 Å². The van der Waals surface area contributed by atoms with Crippen LogP contribution in [0.5, 0.6) is 0 Å². The maximum atomic E-state index is 14.1. The number of rotatable bonds is 7. The average molecular weight is 707 g/mol. The highest BCUT2D eigenvalue weighted by Gasteiger charge is 2.54. The van der Waals surface area contributed by atoms with Gasteiger partial charge in [0.05, 0.1) is 23.5 Å². The number of ether oxygens (including phenoxy) is 2. The lowest BCUT2D eigenvalue weighted by Crippen LogP contribution is -2.51. The van der Waals surface area contributed by atoms with Crippen molar-refractivity contribution in [1.82, 2.24) is 20.1 Å². The number of allylic oxidation sites excluding steroid dienone is 2. The first-order valence-corrected chi connectivity index (χ1v) is 18.8. The Bertz CT molecular complexity index is 1530. The van der Waals surface area contributed by atoms with Gasteiger partial charge in [-0.15, -0.1) is 0 Å². The molecule has 7 atom stereocenters. The Labute approximate surface area is 288 Å². The molecule has 0 radical (unpaired) electrons. The molecule has 2 saturated heterocycles. The lowest BCUT2D eigenvalue weighted by atomic mass is 9.90. The Balaban J connectivity index is 1.67. The highest BCUT2D eigenvalue weighted by Crippen LogP contribution is 2.36. The molecule has 49 heavy (non-hydrogen) atoms. The second-order valence-corrected chi connectivity index (χ2v) is 15.7. The van der Waals surface area contributed by atoms with Crippen molar-refractivity contribution in [2.24, 2.45) is 11.8 Å². The first-order chi connectivity index (χ1) is 23.2. The van der Waals surface area contributed by atoms with E-state index in [0.717, 1.165) is 11.2 Å². The number of aliphatic hydroxyl groups excluding tert-OH is 1. The Kier molecular flexibility index (Phi) is 13.0. The highest BCUT2D eigenvalue weighted by molar-refractivity contribution is 7.92. The summed E-state index contributed by atoms with van der Waals surface area (Å²) in [7, 11) is -3.89. The van der Waals surface area contributed by atoms with Crippen molar-refractivity contribution in [3.05, 3.63) is 41.6 Å². The van der Waals surface area contributed by atoms with Gasteiger partial charge in [-0.1, -0.05) is 58.4 Å². The van der Waals surface area contributed by atoms with Gasteiger partial charge in [0.15, 0.2) is 21.6 Å². The van der Waals surface area contributed by atoms with E-state index < -0.39 is 63.3 Å². The molecule has 4 heterocycles. The molecule has 2 N–H and O–H groups in total. The molecule has 15 heteroatoms. The number of ketones is 1. The van der Waals surface area contributed by atoms with Crippen LogP contribution in [-0.4, -0.2) is 126 Å². The van der Waals surface area contributed by atoms with Gasteiger partial charge in [0.2, 0.25) is 5.89 Å². The van der Waals surface area contributed by atoms with Gasteiger partial charge in [0.25, 0.3) is 11.8 Å². The van der Waals surface area contributed by atoms with E-state index in [1.807, 2.05) is 39.5 Å². The largest absolute Gasteiger partial charge is 0.460 e. The summed E-state index contributed by atoms with van der Waals surface area (Å²) in [6.07, 6.45) is 2.38. The number of fused-ring (bicyclic) bond motifs is 4. The second kappa shape index (κ2) is 16.5. The second-order valence-electron chi connectivity index (χ2n) is 13.4. The minimum atomic E-state index is -3.89. The van der Waals surface area contributed by atoms with Gasteiger partial charge in [-0.05, 0) is 32.4 Å². The molecule has 2 fully saturated rings. The molecular weight excluding hydrogens is 656 g/mol. The zero-order valence-corrected chi connectivity index (χ0v) is 30.0. The smallest absolute Gasteiger partial charge is 0.330 e. The summed E-state index contributed by atoms with van der Waals surface area (Å²) in [5.74, 6) is -3.23. The number of Topliss-reactive ketones (excluding diaryl/α,β-unsaturated/α-hetero) is 1. The molecule has 0 aromatic carbocycles. The number of nitrogens with zero attached hydrogens (tertiary/aromatic N) is 3. The number of hydrogen-bond acceptors (Lipinski definition) is 12. The standard InChI is InChI=1S/C34H50N4O10S/c1-7-37(8-2)14-15-49(44,45)26-11-13-38-28(26)34(43)48-29(20(3)4)22(6)30-31(47-30)32(41)35-12-9-10-21(5)16-23(39)17-24(40)18-27-36-25(19-46-27)33(38)42/h9-10,16,19-20,22-23,26,28-31,39H,7-8,11-15,17-18H2,1-6H3,(H,35,41)/b10-9+,21-16+/t22-,23+,26+,28+,29+,30?,31?/m0/s1. The van der Waals surface area contributed by atoms with E-state index in [9.17, 15) is 32.7 Å². The van der Waals surface area contributed by atoms with Gasteiger partial charge >= 0.3 is 5.97 Å². The predicted octanol–water partition coefficient (Wildman–Crippen LogP) is 1.48. The van der Waals surface area contributed by atoms with Crippen molar-refractivity contribution >= 4 is 33.4 Å². The quantitative estimate of drug-likeness (QED) is 0.308. The van der Waals surface area contributed by atoms with Crippen LogP contribution in [0.2, 0.25) is 0 Å². The normalized spacial score (nSPS) is 31.1. The van der Waals surface area contributed by atoms with Crippen LogP contribution < -0.4 is 5.32 Å². The van der Waals surface area contributed by atoms with Crippen molar-refractivity contribution in [2.75, 3.05) is 38.5 Å². The molecule has 1 aromatic rings. The zero-order chi connectivity index (χ0) is 36.0. The summed E-state index contributed by atoms with van der Waals surface area (Å²) in [6, 6.07) is -1.46. The molecule has 1 aromatic heterocycles. The number of carbonyl (C=O) groups excluding carboxylic acids is 4. The Hall–Kier alpha value is -3.40. The summed E-state index contributed by atoms with van der Waals surface area (Å²) < 4.78 is 44.8. The number of epoxide rings is 1. The van der Waals surface area contributed by atoms with Gasteiger partial charge in [-0.3, -0.25) is 14.4 Å². The third-order valence-corrected chi connectivity index (χ3v) is 11.6. The fourth-order valence-corrected chi connectivity index (χ4v) is 8.54. The third-order valence-electron chi connectivity index (χ3n) is 9.41.